The van der Waals surface area contributed by atoms with Crippen molar-refractivity contribution < 1.29 is 8.85 Å². The second-order valence-electron chi connectivity index (χ2n) is 5.88. The molecule has 0 aliphatic heterocycles. The minimum atomic E-state index is -1.99. The van der Waals surface area contributed by atoms with Gasteiger partial charge in [0, 0.05) is 23.5 Å². The first-order chi connectivity index (χ1) is 10.5. The molecule has 2 aromatic rings. The van der Waals surface area contributed by atoms with E-state index in [2.05, 4.69) is 12.1 Å². The first kappa shape index (κ1) is 16.7. The molecule has 2 aromatic carbocycles. The molecular weight excluding hydrogens is 290 g/mol. The number of anilines is 1. The first-order valence-electron chi connectivity index (χ1n) is 7.73. The number of nitrogen functional groups attached to an aromatic ring is 1. The SMILES string of the molecule is CC(C)O[SiH](OC(C)C)c1ccccc1-c1ccccc1N. The molecule has 0 radical (unpaired) electrons. The number of nitrogens with two attached hydrogens (primary N) is 1. The molecule has 0 spiro atoms. The fourth-order valence-corrected chi connectivity index (χ4v) is 4.48. The van der Waals surface area contributed by atoms with Crippen LogP contribution in [0.2, 0.25) is 0 Å². The molecule has 0 heterocycles. The molecular formula is C18H25NO2Si. The molecule has 0 unspecified atom stereocenters. The number of hydrogen-bond donors (Lipinski definition) is 1. The molecule has 0 aliphatic carbocycles. The molecule has 22 heavy (non-hydrogen) atoms. The predicted molar refractivity (Wildman–Crippen MR) is 95.5 cm³/mol. The zero-order valence-electron chi connectivity index (χ0n) is 13.7. The third-order valence-electron chi connectivity index (χ3n) is 3.26. The van der Waals surface area contributed by atoms with Crippen LogP contribution in [-0.2, 0) is 8.85 Å². The molecule has 3 nitrogen and oxygen atoms in total. The molecule has 0 saturated carbocycles. The zero-order chi connectivity index (χ0) is 16.1. The van der Waals surface area contributed by atoms with E-state index in [1.54, 1.807) is 0 Å². The molecule has 0 aliphatic rings. The van der Waals surface area contributed by atoms with Crippen LogP contribution in [-0.4, -0.2) is 21.5 Å². The summed E-state index contributed by atoms with van der Waals surface area (Å²) in [4.78, 5) is 0. The Morgan fingerprint density at radius 2 is 1.27 bits per heavy atom. The normalized spacial score (nSPS) is 11.6. The van der Waals surface area contributed by atoms with Crippen LogP contribution >= 0.6 is 0 Å². The van der Waals surface area contributed by atoms with Gasteiger partial charge in [-0.05, 0) is 44.5 Å². The van der Waals surface area contributed by atoms with Gasteiger partial charge < -0.3 is 14.6 Å². The van der Waals surface area contributed by atoms with Gasteiger partial charge in [-0.25, -0.2) is 0 Å². The largest absolute Gasteiger partial charge is 0.398 e. The van der Waals surface area contributed by atoms with Crippen LogP contribution in [0.5, 0.6) is 0 Å². The van der Waals surface area contributed by atoms with Crippen LogP contribution < -0.4 is 10.9 Å². The van der Waals surface area contributed by atoms with Gasteiger partial charge in [0.15, 0.2) is 0 Å². The molecule has 118 valence electrons. The fourth-order valence-electron chi connectivity index (χ4n) is 2.36. The van der Waals surface area contributed by atoms with E-state index in [1.165, 1.54) is 0 Å². The van der Waals surface area contributed by atoms with Crippen molar-refractivity contribution >= 4 is 20.2 Å². The van der Waals surface area contributed by atoms with Gasteiger partial charge in [0.2, 0.25) is 0 Å². The number of benzene rings is 2. The molecule has 0 bridgehead atoms. The van der Waals surface area contributed by atoms with Crippen LogP contribution in [0.3, 0.4) is 0 Å². The van der Waals surface area contributed by atoms with Gasteiger partial charge in [-0.15, -0.1) is 0 Å². The summed E-state index contributed by atoms with van der Waals surface area (Å²) in [6.45, 7) is 8.18. The topological polar surface area (TPSA) is 44.5 Å². The van der Waals surface area contributed by atoms with Crippen LogP contribution in [0.25, 0.3) is 11.1 Å². The molecule has 0 amide bonds. The van der Waals surface area contributed by atoms with E-state index in [4.69, 9.17) is 14.6 Å². The highest BCUT2D eigenvalue weighted by Crippen LogP contribution is 2.24. The second-order valence-corrected chi connectivity index (χ2v) is 7.71. The summed E-state index contributed by atoms with van der Waals surface area (Å²) in [6.07, 6.45) is 0.271. The standard InChI is InChI=1S/C18H25NO2Si/c1-13(2)20-22(21-14(3)4)18-12-8-6-10-16(18)15-9-5-7-11-17(15)19/h5-14,22H,19H2,1-4H3. The van der Waals surface area contributed by atoms with Crippen molar-refractivity contribution in [3.63, 3.8) is 0 Å². The lowest BCUT2D eigenvalue weighted by molar-refractivity contribution is 0.139. The maximum absolute atomic E-state index is 6.16. The van der Waals surface area contributed by atoms with E-state index in [-0.39, 0.29) is 12.2 Å². The highest BCUT2D eigenvalue weighted by molar-refractivity contribution is 6.63. The number of para-hydroxylation sites is 1. The van der Waals surface area contributed by atoms with E-state index in [9.17, 15) is 0 Å². The Morgan fingerprint density at radius 3 is 1.82 bits per heavy atom. The molecule has 0 fully saturated rings. The summed E-state index contributed by atoms with van der Waals surface area (Å²) in [5.74, 6) is 0. The van der Waals surface area contributed by atoms with E-state index >= 15 is 0 Å². The smallest absolute Gasteiger partial charge is 0.356 e. The Balaban J connectivity index is 2.47. The summed E-state index contributed by atoms with van der Waals surface area (Å²) in [6, 6.07) is 16.2. The molecule has 4 heteroatoms. The molecule has 0 saturated heterocycles. The maximum Gasteiger partial charge on any atom is 0.356 e. The van der Waals surface area contributed by atoms with Gasteiger partial charge in [-0.3, -0.25) is 0 Å². The van der Waals surface area contributed by atoms with Crippen molar-refractivity contribution in [3.05, 3.63) is 48.5 Å². The third kappa shape index (κ3) is 4.19. The summed E-state index contributed by atoms with van der Waals surface area (Å²) >= 11 is 0. The van der Waals surface area contributed by atoms with Crippen molar-refractivity contribution in [2.75, 3.05) is 5.73 Å². The monoisotopic (exact) mass is 315 g/mol. The second kappa shape index (κ2) is 7.58. The summed E-state index contributed by atoms with van der Waals surface area (Å²) in [7, 11) is -1.99. The van der Waals surface area contributed by atoms with Gasteiger partial charge >= 0.3 is 9.28 Å². The Kier molecular flexibility index (Phi) is 5.77. The van der Waals surface area contributed by atoms with E-state index in [0.717, 1.165) is 22.0 Å². The van der Waals surface area contributed by atoms with Crippen molar-refractivity contribution in [1.29, 1.82) is 0 Å². The molecule has 2 N–H and O–H groups in total. The number of rotatable bonds is 6. The van der Waals surface area contributed by atoms with E-state index in [1.807, 2.05) is 64.1 Å². The van der Waals surface area contributed by atoms with Gasteiger partial charge in [-0.1, -0.05) is 42.5 Å². The van der Waals surface area contributed by atoms with E-state index < -0.39 is 9.28 Å². The fraction of sp³-hybridized carbons (Fsp3) is 0.333. The molecule has 0 aromatic heterocycles. The van der Waals surface area contributed by atoms with Crippen LogP contribution in [0, 0.1) is 0 Å². The highest BCUT2D eigenvalue weighted by atomic mass is 28.3. The zero-order valence-corrected chi connectivity index (χ0v) is 14.9. The average molecular weight is 315 g/mol. The summed E-state index contributed by atoms with van der Waals surface area (Å²) < 4.78 is 12.3. The van der Waals surface area contributed by atoms with Crippen molar-refractivity contribution in [2.24, 2.45) is 0 Å². The molecule has 2 rings (SSSR count). The van der Waals surface area contributed by atoms with Crippen molar-refractivity contribution in [2.45, 2.75) is 39.9 Å². The Hall–Kier alpha value is -1.62. The predicted octanol–water partition coefficient (Wildman–Crippen LogP) is 3.21. The lowest BCUT2D eigenvalue weighted by atomic mass is 10.0. The summed E-state index contributed by atoms with van der Waals surface area (Å²) in [5, 5.41) is 1.14. The Labute approximate surface area is 134 Å². The van der Waals surface area contributed by atoms with Crippen LogP contribution in [0.1, 0.15) is 27.7 Å². The number of hydrogen-bond acceptors (Lipinski definition) is 3. The van der Waals surface area contributed by atoms with Crippen LogP contribution in [0.4, 0.5) is 5.69 Å². The van der Waals surface area contributed by atoms with Gasteiger partial charge in [0.1, 0.15) is 0 Å². The Morgan fingerprint density at radius 1 is 0.773 bits per heavy atom. The lowest BCUT2D eigenvalue weighted by Crippen LogP contribution is -2.41. The average Bonchev–Trinajstić information content (AvgIpc) is 2.46. The van der Waals surface area contributed by atoms with Gasteiger partial charge in [0.25, 0.3) is 0 Å². The van der Waals surface area contributed by atoms with Gasteiger partial charge in [0.05, 0.1) is 0 Å². The minimum absolute atomic E-state index is 0.136. The van der Waals surface area contributed by atoms with E-state index in [0.29, 0.717) is 0 Å². The third-order valence-corrected chi connectivity index (χ3v) is 5.85. The highest BCUT2D eigenvalue weighted by Gasteiger charge is 2.23. The lowest BCUT2D eigenvalue weighted by Gasteiger charge is -2.24. The molecule has 0 atom stereocenters. The Bertz CT molecular complexity index is 604. The quantitative estimate of drug-likeness (QED) is 0.657. The first-order valence-corrected chi connectivity index (χ1v) is 9.25. The van der Waals surface area contributed by atoms with Crippen molar-refractivity contribution in [3.8, 4) is 11.1 Å². The summed E-state index contributed by atoms with van der Waals surface area (Å²) in [5.41, 5.74) is 9.08. The maximum atomic E-state index is 6.16. The minimum Gasteiger partial charge on any atom is -0.398 e. The van der Waals surface area contributed by atoms with Crippen LogP contribution in [0.15, 0.2) is 48.5 Å². The van der Waals surface area contributed by atoms with Gasteiger partial charge in [-0.2, -0.15) is 0 Å². The van der Waals surface area contributed by atoms with Crippen molar-refractivity contribution in [1.82, 2.24) is 0 Å².